The number of halogens is 2. The second kappa shape index (κ2) is 7.15. The molecule has 0 aliphatic carbocycles. The lowest BCUT2D eigenvalue weighted by molar-refractivity contribution is 0.118. The van der Waals surface area contributed by atoms with Crippen molar-refractivity contribution in [3.8, 4) is 0 Å². The number of anilines is 1. The third-order valence-electron chi connectivity index (χ3n) is 1.95. The van der Waals surface area contributed by atoms with E-state index in [-0.39, 0.29) is 0 Å². The molecule has 0 radical (unpaired) electrons. The molecular weight excluding hydrogens is 289 g/mol. The molecule has 0 atom stereocenters. The van der Waals surface area contributed by atoms with Crippen LogP contribution >= 0.6 is 27.5 Å². The maximum absolute atomic E-state index is 5.98. The van der Waals surface area contributed by atoms with Crippen molar-refractivity contribution in [2.24, 2.45) is 5.92 Å². The summed E-state index contributed by atoms with van der Waals surface area (Å²) in [5, 5.41) is 3.97. The second-order valence-corrected chi connectivity index (χ2v) is 5.29. The van der Waals surface area contributed by atoms with Crippen molar-refractivity contribution in [2.45, 2.75) is 13.8 Å². The molecule has 16 heavy (non-hydrogen) atoms. The summed E-state index contributed by atoms with van der Waals surface area (Å²) in [6, 6.07) is 5.81. The average molecular weight is 307 g/mol. The Balaban J connectivity index is 2.24. The molecule has 1 N–H and O–H groups in total. The predicted octanol–water partition coefficient (Wildman–Crippen LogP) is 4.19. The highest BCUT2D eigenvalue weighted by atomic mass is 79.9. The lowest BCUT2D eigenvalue weighted by Gasteiger charge is -2.09. The van der Waals surface area contributed by atoms with Crippen LogP contribution in [-0.2, 0) is 4.74 Å². The summed E-state index contributed by atoms with van der Waals surface area (Å²) in [4.78, 5) is 0. The summed E-state index contributed by atoms with van der Waals surface area (Å²) < 4.78 is 6.38. The zero-order valence-electron chi connectivity index (χ0n) is 9.59. The van der Waals surface area contributed by atoms with Crippen molar-refractivity contribution >= 4 is 33.2 Å². The summed E-state index contributed by atoms with van der Waals surface area (Å²) in [6.07, 6.45) is 0. The van der Waals surface area contributed by atoms with Crippen LogP contribution < -0.4 is 5.32 Å². The molecule has 4 heteroatoms. The molecule has 0 aliphatic heterocycles. The highest BCUT2D eigenvalue weighted by Gasteiger charge is 1.98. The van der Waals surface area contributed by atoms with Gasteiger partial charge >= 0.3 is 0 Å². The number of ether oxygens (including phenoxy) is 1. The Labute approximate surface area is 110 Å². The first-order valence-electron chi connectivity index (χ1n) is 5.36. The van der Waals surface area contributed by atoms with Crippen molar-refractivity contribution in [2.75, 3.05) is 25.1 Å². The van der Waals surface area contributed by atoms with E-state index in [1.165, 1.54) is 0 Å². The lowest BCUT2D eigenvalue weighted by atomic mass is 10.2. The van der Waals surface area contributed by atoms with E-state index in [4.69, 9.17) is 16.3 Å². The summed E-state index contributed by atoms with van der Waals surface area (Å²) in [5.41, 5.74) is 1.02. The van der Waals surface area contributed by atoms with Crippen LogP contribution in [0.1, 0.15) is 13.8 Å². The molecule has 0 amide bonds. The molecule has 0 unspecified atom stereocenters. The first kappa shape index (κ1) is 13.8. The van der Waals surface area contributed by atoms with Crippen molar-refractivity contribution in [3.63, 3.8) is 0 Å². The maximum atomic E-state index is 5.98. The minimum Gasteiger partial charge on any atom is -0.383 e. The van der Waals surface area contributed by atoms with E-state index in [1.807, 2.05) is 18.2 Å². The Morgan fingerprint density at radius 2 is 2.19 bits per heavy atom. The van der Waals surface area contributed by atoms with Crippen molar-refractivity contribution in [3.05, 3.63) is 27.7 Å². The number of rotatable bonds is 6. The van der Waals surface area contributed by atoms with E-state index in [2.05, 4.69) is 35.1 Å². The molecule has 0 aliphatic rings. The fraction of sp³-hybridized carbons (Fsp3) is 0.500. The van der Waals surface area contributed by atoms with Gasteiger partial charge in [-0.15, -0.1) is 0 Å². The van der Waals surface area contributed by atoms with Gasteiger partial charge in [0.05, 0.1) is 11.6 Å². The Hall–Kier alpha value is -0.250. The predicted molar refractivity (Wildman–Crippen MR) is 73.3 cm³/mol. The highest BCUT2D eigenvalue weighted by Crippen LogP contribution is 2.25. The molecule has 0 saturated carbocycles. The van der Waals surface area contributed by atoms with Crippen LogP contribution in [0.4, 0.5) is 5.69 Å². The molecule has 1 aromatic carbocycles. The first-order chi connectivity index (χ1) is 7.59. The molecule has 0 heterocycles. The highest BCUT2D eigenvalue weighted by molar-refractivity contribution is 9.10. The van der Waals surface area contributed by atoms with Gasteiger partial charge < -0.3 is 10.1 Å². The Morgan fingerprint density at radius 3 is 2.81 bits per heavy atom. The Kier molecular flexibility index (Phi) is 6.17. The van der Waals surface area contributed by atoms with Crippen LogP contribution in [0.15, 0.2) is 22.7 Å². The van der Waals surface area contributed by atoms with Gasteiger partial charge in [-0.1, -0.05) is 25.4 Å². The number of nitrogens with one attached hydrogen (secondary N) is 1. The van der Waals surface area contributed by atoms with Gasteiger partial charge in [0.25, 0.3) is 0 Å². The molecule has 90 valence electrons. The minimum atomic E-state index is 0.585. The largest absolute Gasteiger partial charge is 0.383 e. The summed E-state index contributed by atoms with van der Waals surface area (Å²) in [6.45, 7) is 6.60. The zero-order valence-corrected chi connectivity index (χ0v) is 11.9. The lowest BCUT2D eigenvalue weighted by Crippen LogP contribution is -2.12. The van der Waals surface area contributed by atoms with Gasteiger partial charge in [0, 0.05) is 23.3 Å². The van der Waals surface area contributed by atoms with Crippen molar-refractivity contribution < 1.29 is 4.74 Å². The van der Waals surface area contributed by atoms with Crippen LogP contribution in [0.2, 0.25) is 5.02 Å². The zero-order chi connectivity index (χ0) is 12.0. The first-order valence-corrected chi connectivity index (χ1v) is 6.53. The molecular formula is C12H17BrClNO. The molecule has 1 rings (SSSR count). The molecule has 0 bridgehead atoms. The Morgan fingerprint density at radius 1 is 1.44 bits per heavy atom. The molecule has 2 nitrogen and oxygen atoms in total. The smallest absolute Gasteiger partial charge is 0.0639 e. The standard InChI is InChI=1S/C12H17BrClNO/c1-9(2)8-16-6-5-15-10-3-4-11(13)12(14)7-10/h3-4,7,9,15H,5-6,8H2,1-2H3. The SMILES string of the molecule is CC(C)COCCNc1ccc(Br)c(Cl)c1. The number of hydrogen-bond acceptors (Lipinski definition) is 2. The van der Waals surface area contributed by atoms with Crippen LogP contribution in [0.25, 0.3) is 0 Å². The van der Waals surface area contributed by atoms with E-state index >= 15 is 0 Å². The van der Waals surface area contributed by atoms with Gasteiger partial charge in [0.2, 0.25) is 0 Å². The Bertz CT molecular complexity index is 331. The van der Waals surface area contributed by atoms with Crippen LogP contribution in [0.3, 0.4) is 0 Å². The molecule has 1 aromatic rings. The third-order valence-corrected chi connectivity index (χ3v) is 3.18. The fourth-order valence-electron chi connectivity index (χ4n) is 1.19. The average Bonchev–Trinajstić information content (AvgIpc) is 2.22. The van der Waals surface area contributed by atoms with E-state index in [0.29, 0.717) is 17.5 Å². The summed E-state index contributed by atoms with van der Waals surface area (Å²) in [5.74, 6) is 0.585. The summed E-state index contributed by atoms with van der Waals surface area (Å²) in [7, 11) is 0. The van der Waals surface area contributed by atoms with Crippen molar-refractivity contribution in [1.29, 1.82) is 0 Å². The monoisotopic (exact) mass is 305 g/mol. The fourth-order valence-corrected chi connectivity index (χ4v) is 1.62. The van der Waals surface area contributed by atoms with Crippen molar-refractivity contribution in [1.82, 2.24) is 0 Å². The van der Waals surface area contributed by atoms with Gasteiger partial charge in [-0.3, -0.25) is 0 Å². The van der Waals surface area contributed by atoms with E-state index in [9.17, 15) is 0 Å². The van der Waals surface area contributed by atoms with E-state index in [1.54, 1.807) is 0 Å². The van der Waals surface area contributed by atoms with Crippen LogP contribution in [-0.4, -0.2) is 19.8 Å². The van der Waals surface area contributed by atoms with Crippen LogP contribution in [0, 0.1) is 5.92 Å². The van der Waals surface area contributed by atoms with Crippen LogP contribution in [0.5, 0.6) is 0 Å². The molecule has 0 fully saturated rings. The second-order valence-electron chi connectivity index (χ2n) is 4.02. The topological polar surface area (TPSA) is 21.3 Å². The number of benzene rings is 1. The summed E-state index contributed by atoms with van der Waals surface area (Å²) >= 11 is 9.33. The maximum Gasteiger partial charge on any atom is 0.0639 e. The normalized spacial score (nSPS) is 10.8. The number of hydrogen-bond donors (Lipinski definition) is 1. The van der Waals surface area contributed by atoms with Gasteiger partial charge in [-0.2, -0.15) is 0 Å². The molecule has 0 spiro atoms. The molecule has 0 saturated heterocycles. The van der Waals surface area contributed by atoms with E-state index < -0.39 is 0 Å². The van der Waals surface area contributed by atoms with Gasteiger partial charge in [-0.25, -0.2) is 0 Å². The third kappa shape index (κ3) is 5.19. The quantitative estimate of drug-likeness (QED) is 0.796. The van der Waals surface area contributed by atoms with Gasteiger partial charge in [-0.05, 0) is 40.0 Å². The van der Waals surface area contributed by atoms with E-state index in [0.717, 1.165) is 23.3 Å². The minimum absolute atomic E-state index is 0.585. The van der Waals surface area contributed by atoms with Gasteiger partial charge in [0.1, 0.15) is 0 Å². The molecule has 0 aromatic heterocycles. The van der Waals surface area contributed by atoms with Gasteiger partial charge in [0.15, 0.2) is 0 Å².